The van der Waals surface area contributed by atoms with Crippen LogP contribution in [0.15, 0.2) is 24.3 Å². The Hall–Kier alpha value is -0.560. The predicted octanol–water partition coefficient (Wildman–Crippen LogP) is 1.86. The molecule has 2 bridgehead atoms. The van der Waals surface area contributed by atoms with Gasteiger partial charge in [0.05, 0.1) is 0 Å². The molecule has 1 fully saturated rings. The number of hydrogen-bond acceptors (Lipinski definition) is 1. The molecule has 0 aromatic carbocycles. The van der Waals surface area contributed by atoms with Gasteiger partial charge in [0.15, 0.2) is 0 Å². The van der Waals surface area contributed by atoms with E-state index < -0.39 is 0 Å². The van der Waals surface area contributed by atoms with Gasteiger partial charge in [0.25, 0.3) is 0 Å². The van der Waals surface area contributed by atoms with Crippen molar-refractivity contribution in [1.29, 1.82) is 0 Å². The first-order chi connectivity index (χ1) is 5.31. The summed E-state index contributed by atoms with van der Waals surface area (Å²) in [4.78, 5) is 0. The summed E-state index contributed by atoms with van der Waals surface area (Å²) in [5.74, 6) is 1.65. The molecule has 60 valence electrons. The van der Waals surface area contributed by atoms with Gasteiger partial charge in [-0.1, -0.05) is 17.7 Å². The molecule has 0 spiro atoms. The zero-order chi connectivity index (χ0) is 7.84. The van der Waals surface area contributed by atoms with Gasteiger partial charge in [-0.05, 0) is 31.1 Å². The summed E-state index contributed by atoms with van der Waals surface area (Å²) in [5, 5.41) is 0. The van der Waals surface area contributed by atoms with E-state index in [0.29, 0.717) is 0 Å². The van der Waals surface area contributed by atoms with Crippen LogP contribution in [-0.4, -0.2) is 6.04 Å². The van der Waals surface area contributed by atoms with E-state index in [9.17, 15) is 0 Å². The average molecular weight is 149 g/mol. The largest absolute Gasteiger partial charge is 0.321 e. The quantitative estimate of drug-likeness (QED) is 0.596. The van der Waals surface area contributed by atoms with Crippen LogP contribution in [0.25, 0.3) is 0 Å². The summed E-state index contributed by atoms with van der Waals surface area (Å²) in [5.41, 5.74) is 7.33. The van der Waals surface area contributed by atoms with Crippen molar-refractivity contribution in [2.24, 2.45) is 17.6 Å². The number of hydrogen-bond donors (Lipinski definition) is 1. The average Bonchev–Trinajstić information content (AvgIpc) is 2.62. The highest BCUT2D eigenvalue weighted by Crippen LogP contribution is 2.44. The molecule has 0 aliphatic heterocycles. The summed E-state index contributed by atoms with van der Waals surface area (Å²) >= 11 is 0. The summed E-state index contributed by atoms with van der Waals surface area (Å²) < 4.78 is 0. The molecule has 0 heterocycles. The van der Waals surface area contributed by atoms with Gasteiger partial charge in [0.1, 0.15) is 0 Å². The Morgan fingerprint density at radius 3 is 2.91 bits per heavy atom. The predicted molar refractivity (Wildman–Crippen MR) is 47.1 cm³/mol. The Labute approximate surface area is 68.0 Å². The number of fused-ring (bicyclic) bond motifs is 2. The van der Waals surface area contributed by atoms with Crippen molar-refractivity contribution in [3.05, 3.63) is 24.3 Å². The lowest BCUT2D eigenvalue weighted by atomic mass is 9.93. The standard InChI is InChI=1S/C10H15N/c1-2-10(11)9-6-7-3-4-8(9)5-7/h2,6-8,10H,1,3-5,11H2. The van der Waals surface area contributed by atoms with E-state index in [2.05, 4.69) is 12.7 Å². The first kappa shape index (κ1) is 7.11. The van der Waals surface area contributed by atoms with E-state index in [1.807, 2.05) is 6.08 Å². The molecular weight excluding hydrogens is 134 g/mol. The van der Waals surface area contributed by atoms with Gasteiger partial charge in [-0.3, -0.25) is 0 Å². The van der Waals surface area contributed by atoms with Crippen LogP contribution in [0.2, 0.25) is 0 Å². The van der Waals surface area contributed by atoms with Crippen molar-refractivity contribution in [2.75, 3.05) is 0 Å². The van der Waals surface area contributed by atoms with Crippen LogP contribution in [-0.2, 0) is 0 Å². The summed E-state index contributed by atoms with van der Waals surface area (Å²) in [7, 11) is 0. The number of nitrogens with two attached hydrogens (primary N) is 1. The summed E-state index contributed by atoms with van der Waals surface area (Å²) in [6.45, 7) is 3.72. The maximum absolute atomic E-state index is 5.88. The lowest BCUT2D eigenvalue weighted by Crippen LogP contribution is -2.22. The third-order valence-corrected chi connectivity index (χ3v) is 3.01. The second kappa shape index (κ2) is 2.49. The van der Waals surface area contributed by atoms with E-state index in [1.54, 1.807) is 0 Å². The van der Waals surface area contributed by atoms with Crippen LogP contribution < -0.4 is 5.73 Å². The third-order valence-electron chi connectivity index (χ3n) is 3.01. The van der Waals surface area contributed by atoms with Crippen molar-refractivity contribution in [3.63, 3.8) is 0 Å². The number of rotatable bonds is 2. The van der Waals surface area contributed by atoms with Gasteiger partial charge in [0, 0.05) is 6.04 Å². The fourth-order valence-electron chi connectivity index (χ4n) is 2.40. The molecule has 3 atom stereocenters. The molecule has 0 amide bonds. The first-order valence-corrected chi connectivity index (χ1v) is 4.41. The Morgan fingerprint density at radius 1 is 1.64 bits per heavy atom. The summed E-state index contributed by atoms with van der Waals surface area (Å²) in [6.07, 6.45) is 8.33. The van der Waals surface area contributed by atoms with E-state index >= 15 is 0 Å². The molecule has 0 radical (unpaired) electrons. The van der Waals surface area contributed by atoms with Gasteiger partial charge in [-0.15, -0.1) is 6.58 Å². The van der Waals surface area contributed by atoms with Crippen molar-refractivity contribution in [1.82, 2.24) is 0 Å². The summed E-state index contributed by atoms with van der Waals surface area (Å²) in [6, 6.07) is 0.130. The van der Waals surface area contributed by atoms with Gasteiger partial charge in [0.2, 0.25) is 0 Å². The van der Waals surface area contributed by atoms with E-state index in [1.165, 1.54) is 24.8 Å². The van der Waals surface area contributed by atoms with Crippen molar-refractivity contribution < 1.29 is 0 Å². The minimum absolute atomic E-state index is 0.130. The highest BCUT2D eigenvalue weighted by molar-refractivity contribution is 5.27. The second-order valence-electron chi connectivity index (χ2n) is 3.70. The second-order valence-corrected chi connectivity index (χ2v) is 3.70. The fraction of sp³-hybridized carbons (Fsp3) is 0.600. The van der Waals surface area contributed by atoms with Gasteiger partial charge < -0.3 is 5.73 Å². The van der Waals surface area contributed by atoms with Crippen molar-refractivity contribution in [2.45, 2.75) is 25.3 Å². The third kappa shape index (κ3) is 1.04. The minimum atomic E-state index is 0.130. The fourth-order valence-corrected chi connectivity index (χ4v) is 2.40. The van der Waals surface area contributed by atoms with Crippen LogP contribution in [0, 0.1) is 11.8 Å². The molecule has 2 rings (SSSR count). The molecule has 1 saturated carbocycles. The van der Waals surface area contributed by atoms with Gasteiger partial charge >= 0.3 is 0 Å². The van der Waals surface area contributed by atoms with E-state index in [0.717, 1.165) is 11.8 Å². The SMILES string of the molecule is C=CC(N)C1=CC2CCC1C2. The normalized spacial score (nSPS) is 37.0. The highest BCUT2D eigenvalue weighted by atomic mass is 14.6. The van der Waals surface area contributed by atoms with Crippen LogP contribution in [0.5, 0.6) is 0 Å². The Kier molecular flexibility index (Phi) is 1.61. The lowest BCUT2D eigenvalue weighted by Gasteiger charge is -2.16. The minimum Gasteiger partial charge on any atom is -0.321 e. The topological polar surface area (TPSA) is 26.0 Å². The Balaban J connectivity index is 2.16. The van der Waals surface area contributed by atoms with Crippen LogP contribution >= 0.6 is 0 Å². The molecule has 1 heteroatoms. The first-order valence-electron chi connectivity index (χ1n) is 4.41. The smallest absolute Gasteiger partial charge is 0.0440 e. The Morgan fingerprint density at radius 2 is 2.45 bits per heavy atom. The molecular formula is C10H15N. The molecule has 0 saturated heterocycles. The molecule has 1 nitrogen and oxygen atoms in total. The maximum atomic E-state index is 5.88. The van der Waals surface area contributed by atoms with E-state index in [-0.39, 0.29) is 6.04 Å². The van der Waals surface area contributed by atoms with E-state index in [4.69, 9.17) is 5.73 Å². The van der Waals surface area contributed by atoms with Gasteiger partial charge in [-0.25, -0.2) is 0 Å². The van der Waals surface area contributed by atoms with Crippen molar-refractivity contribution >= 4 is 0 Å². The zero-order valence-corrected chi connectivity index (χ0v) is 6.79. The van der Waals surface area contributed by atoms with Gasteiger partial charge in [-0.2, -0.15) is 0 Å². The van der Waals surface area contributed by atoms with Crippen LogP contribution in [0.4, 0.5) is 0 Å². The molecule has 0 aromatic heterocycles. The van der Waals surface area contributed by atoms with Crippen LogP contribution in [0.1, 0.15) is 19.3 Å². The Bertz CT molecular complexity index is 205. The van der Waals surface area contributed by atoms with Crippen molar-refractivity contribution in [3.8, 4) is 0 Å². The monoisotopic (exact) mass is 149 g/mol. The molecule has 3 unspecified atom stereocenters. The van der Waals surface area contributed by atoms with Crippen LogP contribution in [0.3, 0.4) is 0 Å². The molecule has 2 aliphatic carbocycles. The molecule has 2 aliphatic rings. The molecule has 0 aromatic rings. The molecule has 11 heavy (non-hydrogen) atoms. The highest BCUT2D eigenvalue weighted by Gasteiger charge is 2.33. The number of allylic oxidation sites excluding steroid dienone is 1. The maximum Gasteiger partial charge on any atom is 0.0440 e. The zero-order valence-electron chi connectivity index (χ0n) is 6.79. The lowest BCUT2D eigenvalue weighted by molar-refractivity contribution is 0.620. The molecule has 2 N–H and O–H groups in total.